The molecule has 0 fully saturated rings. The van der Waals surface area contributed by atoms with Crippen molar-refractivity contribution in [3.8, 4) is 11.5 Å². The van der Waals surface area contributed by atoms with Crippen LogP contribution in [-0.2, 0) is 0 Å². The maximum absolute atomic E-state index is 5.91. The van der Waals surface area contributed by atoms with E-state index in [0.29, 0.717) is 10.7 Å². The lowest BCUT2D eigenvalue weighted by Gasteiger charge is -2.12. The Balaban J connectivity index is 2.42. The second-order valence-corrected chi connectivity index (χ2v) is 4.67. The first kappa shape index (κ1) is 12.6. The van der Waals surface area contributed by atoms with Gasteiger partial charge in [0, 0.05) is 0 Å². The molecule has 0 amide bonds. The third-order valence-electron chi connectivity index (χ3n) is 2.72. The number of thiocarbonyl (C=S) groups is 1. The van der Waals surface area contributed by atoms with E-state index in [1.165, 1.54) is 0 Å². The van der Waals surface area contributed by atoms with Gasteiger partial charge in [0.25, 0.3) is 0 Å². The summed E-state index contributed by atoms with van der Waals surface area (Å²) in [4.78, 5) is 0.346. The molecule has 0 radical (unpaired) electrons. The van der Waals surface area contributed by atoms with Crippen molar-refractivity contribution < 1.29 is 4.74 Å². The van der Waals surface area contributed by atoms with Crippen LogP contribution in [0.1, 0.15) is 16.7 Å². The Morgan fingerprint density at radius 1 is 1.06 bits per heavy atom. The Labute approximate surface area is 112 Å². The van der Waals surface area contributed by atoms with Gasteiger partial charge >= 0.3 is 0 Å². The molecule has 3 heteroatoms. The zero-order chi connectivity index (χ0) is 13.1. The van der Waals surface area contributed by atoms with Crippen LogP contribution in [0.25, 0.3) is 0 Å². The summed E-state index contributed by atoms with van der Waals surface area (Å²) in [5.74, 6) is 1.53. The summed E-state index contributed by atoms with van der Waals surface area (Å²) in [5, 5.41) is 0. The first-order valence-corrected chi connectivity index (χ1v) is 6.12. The van der Waals surface area contributed by atoms with Crippen LogP contribution < -0.4 is 10.5 Å². The van der Waals surface area contributed by atoms with E-state index in [1.54, 1.807) is 0 Å². The van der Waals surface area contributed by atoms with E-state index < -0.39 is 0 Å². The summed E-state index contributed by atoms with van der Waals surface area (Å²) in [6, 6.07) is 13.7. The molecule has 0 saturated carbocycles. The van der Waals surface area contributed by atoms with E-state index in [9.17, 15) is 0 Å². The highest BCUT2D eigenvalue weighted by Gasteiger charge is 2.09. The largest absolute Gasteiger partial charge is 0.456 e. The highest BCUT2D eigenvalue weighted by molar-refractivity contribution is 7.80. The molecule has 0 aliphatic carbocycles. The highest BCUT2D eigenvalue weighted by Crippen LogP contribution is 2.28. The summed E-state index contributed by atoms with van der Waals surface area (Å²) in [5.41, 5.74) is 8.66. The van der Waals surface area contributed by atoms with Crippen LogP contribution in [0.3, 0.4) is 0 Å². The molecular weight excluding hydrogens is 242 g/mol. The maximum Gasteiger partial charge on any atom is 0.137 e. The molecule has 2 aromatic rings. The maximum atomic E-state index is 5.91. The van der Waals surface area contributed by atoms with Crippen LogP contribution in [-0.4, -0.2) is 4.99 Å². The summed E-state index contributed by atoms with van der Waals surface area (Å²) in [6.07, 6.45) is 0. The number of para-hydroxylation sites is 1. The van der Waals surface area contributed by atoms with Gasteiger partial charge in [-0.05, 0) is 43.2 Å². The molecule has 0 spiro atoms. The quantitative estimate of drug-likeness (QED) is 0.851. The molecule has 2 N–H and O–H groups in total. The molecule has 0 unspecified atom stereocenters. The molecule has 18 heavy (non-hydrogen) atoms. The first-order valence-electron chi connectivity index (χ1n) is 5.72. The minimum atomic E-state index is 0.346. The van der Waals surface area contributed by atoms with Crippen LogP contribution >= 0.6 is 12.2 Å². The lowest BCUT2D eigenvalue weighted by atomic mass is 10.1. The topological polar surface area (TPSA) is 35.2 Å². The normalized spacial score (nSPS) is 10.1. The molecule has 0 heterocycles. The van der Waals surface area contributed by atoms with Crippen LogP contribution in [0.4, 0.5) is 0 Å². The Hall–Kier alpha value is -1.87. The van der Waals surface area contributed by atoms with Crippen molar-refractivity contribution in [2.75, 3.05) is 0 Å². The summed E-state index contributed by atoms with van der Waals surface area (Å²) >= 11 is 5.04. The second-order valence-electron chi connectivity index (χ2n) is 4.23. The molecular formula is C15H15NOS. The van der Waals surface area contributed by atoms with Crippen LogP contribution in [0.5, 0.6) is 11.5 Å². The van der Waals surface area contributed by atoms with E-state index in [0.717, 1.165) is 22.4 Å². The monoisotopic (exact) mass is 257 g/mol. The van der Waals surface area contributed by atoms with Gasteiger partial charge in [-0.3, -0.25) is 0 Å². The average molecular weight is 257 g/mol. The summed E-state index contributed by atoms with van der Waals surface area (Å²) in [6.45, 7) is 4.01. The van der Waals surface area contributed by atoms with Gasteiger partial charge in [-0.1, -0.05) is 36.5 Å². The third-order valence-corrected chi connectivity index (χ3v) is 2.94. The third kappa shape index (κ3) is 2.68. The van der Waals surface area contributed by atoms with Gasteiger partial charge in [0.1, 0.15) is 16.5 Å². The van der Waals surface area contributed by atoms with E-state index in [1.807, 2.05) is 56.3 Å². The molecule has 2 rings (SSSR count). The molecule has 0 saturated heterocycles. The molecule has 92 valence electrons. The Morgan fingerprint density at radius 3 is 2.44 bits per heavy atom. The second kappa shape index (κ2) is 5.19. The number of ether oxygens (including phenoxy) is 1. The Kier molecular flexibility index (Phi) is 3.63. The van der Waals surface area contributed by atoms with Gasteiger partial charge in [-0.2, -0.15) is 0 Å². The van der Waals surface area contributed by atoms with Crippen LogP contribution in [0.2, 0.25) is 0 Å². The van der Waals surface area contributed by atoms with Crippen molar-refractivity contribution in [3.63, 3.8) is 0 Å². The van der Waals surface area contributed by atoms with Crippen molar-refractivity contribution in [2.24, 2.45) is 5.73 Å². The highest BCUT2D eigenvalue weighted by atomic mass is 32.1. The molecule has 0 atom stereocenters. The first-order chi connectivity index (χ1) is 8.58. The van der Waals surface area contributed by atoms with Crippen LogP contribution in [0, 0.1) is 13.8 Å². The SMILES string of the molecule is Cc1ccc(C(N)=S)c(Oc2ccccc2C)c1. The minimum absolute atomic E-state index is 0.346. The number of benzene rings is 2. The number of nitrogens with two attached hydrogens (primary N) is 1. The van der Waals surface area contributed by atoms with E-state index in [-0.39, 0.29) is 0 Å². The molecule has 2 nitrogen and oxygen atoms in total. The number of hydrogen-bond acceptors (Lipinski definition) is 2. The van der Waals surface area contributed by atoms with Crippen LogP contribution in [0.15, 0.2) is 42.5 Å². The van der Waals surface area contributed by atoms with Gasteiger partial charge in [0.05, 0.1) is 5.56 Å². The zero-order valence-electron chi connectivity index (χ0n) is 10.4. The van der Waals surface area contributed by atoms with Gasteiger partial charge in [-0.25, -0.2) is 0 Å². The van der Waals surface area contributed by atoms with Crippen molar-refractivity contribution in [1.82, 2.24) is 0 Å². The summed E-state index contributed by atoms with van der Waals surface area (Å²) < 4.78 is 5.91. The fraction of sp³-hybridized carbons (Fsp3) is 0.133. The standard InChI is InChI=1S/C15H15NOS/c1-10-7-8-12(15(16)18)14(9-10)17-13-6-4-3-5-11(13)2/h3-9H,1-2H3,(H2,16,18). The van der Waals surface area contributed by atoms with Crippen molar-refractivity contribution in [2.45, 2.75) is 13.8 Å². The lowest BCUT2D eigenvalue weighted by molar-refractivity contribution is 0.477. The minimum Gasteiger partial charge on any atom is -0.456 e. The molecule has 0 bridgehead atoms. The van der Waals surface area contributed by atoms with Crippen molar-refractivity contribution >= 4 is 17.2 Å². The average Bonchev–Trinajstić information content (AvgIpc) is 2.32. The molecule has 0 aliphatic heterocycles. The molecule has 0 aromatic heterocycles. The predicted molar refractivity (Wildman–Crippen MR) is 78.3 cm³/mol. The smallest absolute Gasteiger partial charge is 0.137 e. The molecule has 2 aromatic carbocycles. The van der Waals surface area contributed by atoms with Gasteiger partial charge in [0.2, 0.25) is 0 Å². The lowest BCUT2D eigenvalue weighted by Crippen LogP contribution is -2.10. The summed E-state index contributed by atoms with van der Waals surface area (Å²) in [7, 11) is 0. The van der Waals surface area contributed by atoms with E-state index >= 15 is 0 Å². The Bertz CT molecular complexity index is 593. The van der Waals surface area contributed by atoms with E-state index in [4.69, 9.17) is 22.7 Å². The molecule has 0 aliphatic rings. The fourth-order valence-corrected chi connectivity index (χ4v) is 1.88. The van der Waals surface area contributed by atoms with Gasteiger partial charge in [-0.15, -0.1) is 0 Å². The van der Waals surface area contributed by atoms with Crippen molar-refractivity contribution in [3.05, 3.63) is 59.2 Å². The fourth-order valence-electron chi connectivity index (χ4n) is 1.71. The van der Waals surface area contributed by atoms with Gasteiger partial charge in [0.15, 0.2) is 0 Å². The number of aryl methyl sites for hydroxylation is 2. The van der Waals surface area contributed by atoms with E-state index in [2.05, 4.69) is 0 Å². The zero-order valence-corrected chi connectivity index (χ0v) is 11.3. The van der Waals surface area contributed by atoms with Crippen molar-refractivity contribution in [1.29, 1.82) is 0 Å². The predicted octanol–water partition coefficient (Wildman–Crippen LogP) is 3.73. The number of hydrogen-bond donors (Lipinski definition) is 1. The van der Waals surface area contributed by atoms with Gasteiger partial charge < -0.3 is 10.5 Å². The Morgan fingerprint density at radius 2 is 1.78 bits per heavy atom. The number of rotatable bonds is 3.